The van der Waals surface area contributed by atoms with E-state index >= 15 is 0 Å². The van der Waals surface area contributed by atoms with E-state index in [1.54, 1.807) is 13.8 Å². The van der Waals surface area contributed by atoms with Crippen LogP contribution in [-0.2, 0) is 9.47 Å². The fourth-order valence-corrected chi connectivity index (χ4v) is 0.615. The lowest BCUT2D eigenvalue weighted by Crippen LogP contribution is -2.18. The summed E-state index contributed by atoms with van der Waals surface area (Å²) in [7, 11) is 0. The minimum absolute atomic E-state index is 0.0242. The fourth-order valence-electron chi connectivity index (χ4n) is 0.615. The molecule has 4 nitrogen and oxygen atoms in total. The third-order valence-corrected chi connectivity index (χ3v) is 1.25. The van der Waals surface area contributed by atoms with Crippen LogP contribution >= 0.6 is 0 Å². The number of rotatable bonds is 7. The number of hydrogen-bond acceptors (Lipinski definition) is 4. The molecule has 0 saturated heterocycles. The van der Waals surface area contributed by atoms with Crippen LogP contribution in [0.5, 0.6) is 0 Å². The molecule has 0 heterocycles. The summed E-state index contributed by atoms with van der Waals surface area (Å²) in [5.74, 6) is 0. The van der Waals surface area contributed by atoms with Crippen molar-refractivity contribution in [3.05, 3.63) is 0 Å². The highest BCUT2D eigenvalue weighted by atomic mass is 16.5. The molecule has 74 valence electrons. The number of ether oxygens (including phenoxy) is 2. The van der Waals surface area contributed by atoms with Crippen LogP contribution in [0.4, 0.5) is 0 Å². The minimum Gasteiger partial charge on any atom is -0.394 e. The van der Waals surface area contributed by atoms with E-state index in [1.807, 2.05) is 0 Å². The van der Waals surface area contributed by atoms with Crippen LogP contribution < -0.4 is 0 Å². The van der Waals surface area contributed by atoms with Gasteiger partial charge in [0.15, 0.2) is 0 Å². The van der Waals surface area contributed by atoms with Crippen molar-refractivity contribution in [3.8, 4) is 0 Å². The van der Waals surface area contributed by atoms with Gasteiger partial charge in [0.05, 0.1) is 38.6 Å². The van der Waals surface area contributed by atoms with Crippen molar-refractivity contribution in [1.29, 1.82) is 0 Å². The third kappa shape index (κ3) is 7.94. The molecule has 4 heteroatoms. The third-order valence-electron chi connectivity index (χ3n) is 1.25. The minimum atomic E-state index is -0.430. The van der Waals surface area contributed by atoms with E-state index in [0.717, 1.165) is 0 Å². The summed E-state index contributed by atoms with van der Waals surface area (Å²) in [6.07, 6.45) is -0.569. The second kappa shape index (κ2) is 7.49. The van der Waals surface area contributed by atoms with E-state index in [2.05, 4.69) is 0 Å². The Labute approximate surface area is 73.1 Å². The molecule has 2 N–H and O–H groups in total. The Balaban J connectivity index is 3.00. The SMILES string of the molecule is CC(O)COCCOC(C)CO. The van der Waals surface area contributed by atoms with Crippen molar-refractivity contribution in [3.63, 3.8) is 0 Å². The molecular weight excluding hydrogens is 160 g/mol. The Morgan fingerprint density at radius 3 is 2.42 bits per heavy atom. The van der Waals surface area contributed by atoms with Gasteiger partial charge in [-0.15, -0.1) is 0 Å². The molecule has 0 fully saturated rings. The molecule has 0 aliphatic rings. The van der Waals surface area contributed by atoms with Crippen LogP contribution in [0, 0.1) is 0 Å². The summed E-state index contributed by atoms with van der Waals surface area (Å²) in [5.41, 5.74) is 0. The molecule has 0 aliphatic heterocycles. The molecule has 0 bridgehead atoms. The zero-order valence-electron chi connectivity index (χ0n) is 7.69. The average Bonchev–Trinajstić information content (AvgIpc) is 2.03. The summed E-state index contributed by atoms with van der Waals surface area (Å²) < 4.78 is 10.1. The normalized spacial score (nSPS) is 16.0. The van der Waals surface area contributed by atoms with Gasteiger partial charge in [0.25, 0.3) is 0 Å². The smallest absolute Gasteiger partial charge is 0.0778 e. The van der Waals surface area contributed by atoms with Crippen molar-refractivity contribution in [2.45, 2.75) is 26.1 Å². The van der Waals surface area contributed by atoms with E-state index in [9.17, 15) is 0 Å². The Morgan fingerprint density at radius 2 is 1.92 bits per heavy atom. The lowest BCUT2D eigenvalue weighted by Gasteiger charge is -2.10. The maximum absolute atomic E-state index is 8.80. The van der Waals surface area contributed by atoms with Gasteiger partial charge in [0, 0.05) is 0 Å². The summed E-state index contributed by atoms with van der Waals surface area (Å²) in [5, 5.41) is 17.4. The van der Waals surface area contributed by atoms with Gasteiger partial charge >= 0.3 is 0 Å². The summed E-state index contributed by atoms with van der Waals surface area (Å²) in [6, 6.07) is 0. The molecule has 0 aromatic carbocycles. The van der Waals surface area contributed by atoms with E-state index in [0.29, 0.717) is 19.8 Å². The first-order valence-electron chi connectivity index (χ1n) is 4.15. The van der Waals surface area contributed by atoms with Crippen molar-refractivity contribution < 1.29 is 19.7 Å². The van der Waals surface area contributed by atoms with Crippen molar-refractivity contribution in [2.24, 2.45) is 0 Å². The zero-order valence-corrected chi connectivity index (χ0v) is 7.69. The Bertz CT molecular complexity index is 95.1. The molecule has 2 unspecified atom stereocenters. The maximum atomic E-state index is 8.80. The van der Waals surface area contributed by atoms with E-state index in [1.165, 1.54) is 0 Å². The van der Waals surface area contributed by atoms with Gasteiger partial charge in [-0.2, -0.15) is 0 Å². The van der Waals surface area contributed by atoms with Gasteiger partial charge < -0.3 is 19.7 Å². The molecule has 0 aliphatic carbocycles. The highest BCUT2D eigenvalue weighted by Gasteiger charge is 1.99. The van der Waals surface area contributed by atoms with Crippen molar-refractivity contribution in [2.75, 3.05) is 26.4 Å². The van der Waals surface area contributed by atoms with Crippen LogP contribution in [0.3, 0.4) is 0 Å². The van der Waals surface area contributed by atoms with E-state index in [-0.39, 0.29) is 12.7 Å². The molecule has 0 rings (SSSR count). The van der Waals surface area contributed by atoms with Crippen molar-refractivity contribution in [1.82, 2.24) is 0 Å². The van der Waals surface area contributed by atoms with Gasteiger partial charge in [0.1, 0.15) is 0 Å². The number of aliphatic hydroxyl groups excluding tert-OH is 2. The Morgan fingerprint density at radius 1 is 1.25 bits per heavy atom. The lowest BCUT2D eigenvalue weighted by molar-refractivity contribution is -0.0253. The second-order valence-electron chi connectivity index (χ2n) is 2.79. The van der Waals surface area contributed by atoms with E-state index < -0.39 is 6.10 Å². The molecule has 0 aromatic rings. The van der Waals surface area contributed by atoms with Gasteiger partial charge in [0.2, 0.25) is 0 Å². The van der Waals surface area contributed by atoms with Crippen LogP contribution in [0.2, 0.25) is 0 Å². The van der Waals surface area contributed by atoms with Crippen LogP contribution in [0.1, 0.15) is 13.8 Å². The van der Waals surface area contributed by atoms with Gasteiger partial charge in [-0.1, -0.05) is 0 Å². The van der Waals surface area contributed by atoms with Gasteiger partial charge in [-0.3, -0.25) is 0 Å². The monoisotopic (exact) mass is 178 g/mol. The Hall–Kier alpha value is -0.160. The summed E-state index contributed by atoms with van der Waals surface area (Å²) in [4.78, 5) is 0. The molecule has 0 saturated carbocycles. The molecule has 0 aromatic heterocycles. The quantitative estimate of drug-likeness (QED) is 0.529. The Kier molecular flexibility index (Phi) is 7.39. The lowest BCUT2D eigenvalue weighted by atomic mass is 10.4. The fraction of sp³-hybridized carbons (Fsp3) is 1.00. The average molecular weight is 178 g/mol. The molecule has 0 spiro atoms. The topological polar surface area (TPSA) is 58.9 Å². The molecule has 2 atom stereocenters. The van der Waals surface area contributed by atoms with Crippen LogP contribution in [0.15, 0.2) is 0 Å². The van der Waals surface area contributed by atoms with Crippen LogP contribution in [0.25, 0.3) is 0 Å². The zero-order chi connectivity index (χ0) is 9.40. The highest BCUT2D eigenvalue weighted by Crippen LogP contribution is 1.89. The predicted molar refractivity (Wildman–Crippen MR) is 45.0 cm³/mol. The van der Waals surface area contributed by atoms with Crippen molar-refractivity contribution >= 4 is 0 Å². The number of hydrogen-bond donors (Lipinski definition) is 2. The summed E-state index contributed by atoms with van der Waals surface area (Å²) >= 11 is 0. The predicted octanol–water partition coefficient (Wildman–Crippen LogP) is -0.219. The molecule has 0 radical (unpaired) electrons. The first kappa shape index (κ1) is 11.8. The van der Waals surface area contributed by atoms with E-state index in [4.69, 9.17) is 19.7 Å². The number of aliphatic hydroxyl groups is 2. The van der Waals surface area contributed by atoms with Gasteiger partial charge in [-0.25, -0.2) is 0 Å². The first-order valence-corrected chi connectivity index (χ1v) is 4.15. The molecular formula is C8H18O4. The second-order valence-corrected chi connectivity index (χ2v) is 2.79. The molecule has 0 amide bonds. The van der Waals surface area contributed by atoms with Gasteiger partial charge in [-0.05, 0) is 13.8 Å². The highest BCUT2D eigenvalue weighted by molar-refractivity contribution is 4.45. The summed E-state index contributed by atoms with van der Waals surface area (Å²) in [6.45, 7) is 4.71. The van der Waals surface area contributed by atoms with Crippen LogP contribution in [-0.4, -0.2) is 48.8 Å². The standard InChI is InChI=1S/C8H18O4/c1-7(10)6-11-3-4-12-8(2)5-9/h7-10H,3-6H2,1-2H3. The maximum Gasteiger partial charge on any atom is 0.0778 e. The largest absolute Gasteiger partial charge is 0.394 e. The molecule has 12 heavy (non-hydrogen) atoms. The first-order chi connectivity index (χ1) is 5.66.